The molecule has 2 aliphatic rings. The van der Waals surface area contributed by atoms with Crippen molar-refractivity contribution in [1.29, 1.82) is 0 Å². The van der Waals surface area contributed by atoms with Gasteiger partial charge in [-0.25, -0.2) is 9.97 Å². The third-order valence-electron chi connectivity index (χ3n) is 7.45. The minimum Gasteiger partial charge on any atom is -0.353 e. The fourth-order valence-corrected chi connectivity index (χ4v) is 5.87. The predicted octanol–water partition coefficient (Wildman–Crippen LogP) is 5.03. The quantitative estimate of drug-likeness (QED) is 0.435. The summed E-state index contributed by atoms with van der Waals surface area (Å²) in [6.07, 6.45) is 8.61. The van der Waals surface area contributed by atoms with E-state index in [1.807, 2.05) is 24.4 Å². The van der Waals surface area contributed by atoms with Gasteiger partial charge in [-0.3, -0.25) is 14.6 Å². The van der Waals surface area contributed by atoms with Gasteiger partial charge in [-0.2, -0.15) is 0 Å². The molecule has 0 saturated carbocycles. The van der Waals surface area contributed by atoms with Crippen molar-refractivity contribution in [2.45, 2.75) is 38.3 Å². The van der Waals surface area contributed by atoms with Crippen molar-refractivity contribution >= 4 is 34.8 Å². The van der Waals surface area contributed by atoms with Crippen molar-refractivity contribution in [2.24, 2.45) is 0 Å². The number of pyridine rings is 1. The molecule has 2 saturated heterocycles. The number of likely N-dealkylation sites (tertiary alicyclic amines) is 1. The molecule has 0 spiro atoms. The normalized spacial score (nSPS) is 20.1. The monoisotopic (exact) mass is 526 g/mol. The SMILES string of the molecule is CC[C@H]1CN(c2ncc(-c3ncc[nH]3)cc2Cl)CCN1C1CCN(CC(=O)c2ccc(Cl)cc2)CC1. The summed E-state index contributed by atoms with van der Waals surface area (Å²) in [4.78, 5) is 32.1. The van der Waals surface area contributed by atoms with E-state index in [2.05, 4.69) is 31.6 Å². The van der Waals surface area contributed by atoms with Gasteiger partial charge in [0, 0.05) is 79.5 Å². The number of ketones is 1. The molecule has 1 aromatic carbocycles. The van der Waals surface area contributed by atoms with E-state index in [0.717, 1.165) is 74.8 Å². The summed E-state index contributed by atoms with van der Waals surface area (Å²) in [6.45, 7) is 7.43. The van der Waals surface area contributed by atoms with Gasteiger partial charge in [0.2, 0.25) is 0 Å². The van der Waals surface area contributed by atoms with Crippen molar-refractivity contribution in [3.63, 3.8) is 0 Å². The molecule has 1 atom stereocenters. The maximum atomic E-state index is 12.7. The average Bonchev–Trinajstić information content (AvgIpc) is 3.44. The van der Waals surface area contributed by atoms with Crippen LogP contribution < -0.4 is 4.90 Å². The highest BCUT2D eigenvalue weighted by Crippen LogP contribution is 2.31. The topological polar surface area (TPSA) is 68.4 Å². The zero-order valence-corrected chi connectivity index (χ0v) is 22.0. The number of piperazine rings is 1. The van der Waals surface area contributed by atoms with E-state index in [9.17, 15) is 4.79 Å². The number of carbonyl (C=O) groups excluding carboxylic acids is 1. The van der Waals surface area contributed by atoms with Gasteiger partial charge >= 0.3 is 0 Å². The van der Waals surface area contributed by atoms with Gasteiger partial charge in [0.15, 0.2) is 5.78 Å². The van der Waals surface area contributed by atoms with E-state index in [-0.39, 0.29) is 5.78 Å². The number of carbonyl (C=O) groups is 1. The lowest BCUT2D eigenvalue weighted by Gasteiger charge is -2.47. The Morgan fingerprint density at radius 1 is 1.08 bits per heavy atom. The Labute approximate surface area is 222 Å². The molecule has 2 fully saturated rings. The van der Waals surface area contributed by atoms with E-state index in [1.54, 1.807) is 24.5 Å². The summed E-state index contributed by atoms with van der Waals surface area (Å²) in [5.74, 6) is 1.78. The van der Waals surface area contributed by atoms with Gasteiger partial charge in [-0.05, 0) is 49.6 Å². The van der Waals surface area contributed by atoms with E-state index < -0.39 is 0 Å². The number of hydrogen-bond donors (Lipinski definition) is 1. The molecule has 5 rings (SSSR count). The molecule has 2 aliphatic heterocycles. The second-order valence-corrected chi connectivity index (χ2v) is 10.5. The van der Waals surface area contributed by atoms with Gasteiger partial charge < -0.3 is 9.88 Å². The number of nitrogens with zero attached hydrogens (tertiary/aromatic N) is 5. The summed E-state index contributed by atoms with van der Waals surface area (Å²) in [5.41, 5.74) is 1.62. The molecule has 36 heavy (non-hydrogen) atoms. The van der Waals surface area contributed by atoms with Crippen LogP contribution in [0, 0.1) is 0 Å². The fourth-order valence-electron chi connectivity index (χ4n) is 5.46. The van der Waals surface area contributed by atoms with Gasteiger partial charge in [0.05, 0.1) is 11.6 Å². The van der Waals surface area contributed by atoms with Crippen LogP contribution in [0.5, 0.6) is 0 Å². The molecule has 0 radical (unpaired) electrons. The number of Topliss-reactive ketones (excluding diaryl/α,β-unsaturated/α-hetero) is 1. The smallest absolute Gasteiger partial charge is 0.176 e. The Kier molecular flexibility index (Phi) is 7.91. The zero-order valence-electron chi connectivity index (χ0n) is 20.5. The molecule has 0 aliphatic carbocycles. The number of hydrogen-bond acceptors (Lipinski definition) is 6. The van der Waals surface area contributed by atoms with E-state index in [1.165, 1.54) is 0 Å². The van der Waals surface area contributed by atoms with Crippen LogP contribution in [0.15, 0.2) is 48.9 Å². The highest BCUT2D eigenvalue weighted by molar-refractivity contribution is 6.33. The van der Waals surface area contributed by atoms with Crippen molar-refractivity contribution in [1.82, 2.24) is 24.8 Å². The van der Waals surface area contributed by atoms with Crippen LogP contribution in [-0.4, -0.2) is 81.9 Å². The van der Waals surface area contributed by atoms with Crippen LogP contribution in [0.25, 0.3) is 11.4 Å². The number of halogens is 2. The molecule has 7 nitrogen and oxygen atoms in total. The highest BCUT2D eigenvalue weighted by atomic mass is 35.5. The van der Waals surface area contributed by atoms with E-state index in [4.69, 9.17) is 28.2 Å². The first-order valence-corrected chi connectivity index (χ1v) is 13.4. The number of rotatable bonds is 7. The van der Waals surface area contributed by atoms with Crippen molar-refractivity contribution in [3.8, 4) is 11.4 Å². The maximum Gasteiger partial charge on any atom is 0.176 e. The Balaban J connectivity index is 1.16. The lowest BCUT2D eigenvalue weighted by Crippen LogP contribution is -2.58. The Morgan fingerprint density at radius 3 is 2.53 bits per heavy atom. The Hall–Kier alpha value is -2.45. The summed E-state index contributed by atoms with van der Waals surface area (Å²) in [7, 11) is 0. The van der Waals surface area contributed by atoms with Crippen LogP contribution in [0.3, 0.4) is 0 Å². The van der Waals surface area contributed by atoms with Crippen LogP contribution in [0.1, 0.15) is 36.5 Å². The molecule has 0 unspecified atom stereocenters. The van der Waals surface area contributed by atoms with Crippen molar-refractivity contribution < 1.29 is 4.79 Å². The first-order chi connectivity index (χ1) is 17.5. The molecule has 2 aromatic heterocycles. The van der Waals surface area contributed by atoms with E-state index >= 15 is 0 Å². The molecule has 0 bridgehead atoms. The molecule has 9 heteroatoms. The van der Waals surface area contributed by atoms with Crippen LogP contribution in [-0.2, 0) is 0 Å². The van der Waals surface area contributed by atoms with E-state index in [0.29, 0.717) is 28.7 Å². The summed E-state index contributed by atoms with van der Waals surface area (Å²) in [5, 5.41) is 1.31. The number of aromatic nitrogens is 3. The summed E-state index contributed by atoms with van der Waals surface area (Å²) < 4.78 is 0. The lowest BCUT2D eigenvalue weighted by molar-refractivity contribution is 0.0596. The van der Waals surface area contributed by atoms with Crippen molar-refractivity contribution in [2.75, 3.05) is 44.2 Å². The number of H-pyrrole nitrogens is 1. The average molecular weight is 528 g/mol. The number of piperidine rings is 1. The number of nitrogens with one attached hydrogen (secondary N) is 1. The lowest BCUT2D eigenvalue weighted by atomic mass is 9.97. The summed E-state index contributed by atoms with van der Waals surface area (Å²) >= 11 is 12.6. The second kappa shape index (κ2) is 11.3. The number of anilines is 1. The minimum absolute atomic E-state index is 0.160. The third-order valence-corrected chi connectivity index (χ3v) is 7.98. The second-order valence-electron chi connectivity index (χ2n) is 9.65. The predicted molar refractivity (Wildman–Crippen MR) is 145 cm³/mol. The molecule has 4 heterocycles. The molecular formula is C27H32Cl2N6O. The molecule has 0 amide bonds. The van der Waals surface area contributed by atoms with Gasteiger partial charge in [-0.1, -0.05) is 30.1 Å². The van der Waals surface area contributed by atoms with Gasteiger partial charge in [-0.15, -0.1) is 0 Å². The maximum absolute atomic E-state index is 12.7. The number of benzene rings is 1. The first-order valence-electron chi connectivity index (χ1n) is 12.7. The third kappa shape index (κ3) is 5.59. The van der Waals surface area contributed by atoms with Gasteiger partial charge in [0.1, 0.15) is 11.6 Å². The first kappa shape index (κ1) is 25.2. The van der Waals surface area contributed by atoms with Crippen LogP contribution in [0.2, 0.25) is 10.0 Å². The Bertz CT molecular complexity index is 1160. The van der Waals surface area contributed by atoms with Gasteiger partial charge in [0.25, 0.3) is 0 Å². The molecule has 3 aromatic rings. The Morgan fingerprint density at radius 2 is 1.86 bits per heavy atom. The largest absolute Gasteiger partial charge is 0.353 e. The fraction of sp³-hybridized carbons (Fsp3) is 0.444. The molecular weight excluding hydrogens is 495 g/mol. The van der Waals surface area contributed by atoms with Crippen LogP contribution >= 0.6 is 23.2 Å². The summed E-state index contributed by atoms with van der Waals surface area (Å²) in [6, 6.07) is 10.1. The highest BCUT2D eigenvalue weighted by Gasteiger charge is 2.34. The van der Waals surface area contributed by atoms with Crippen molar-refractivity contribution in [3.05, 3.63) is 64.5 Å². The number of aromatic amines is 1. The zero-order chi connectivity index (χ0) is 25.1. The molecule has 1 N–H and O–H groups in total. The minimum atomic E-state index is 0.160. The standard InChI is InChI=1S/C27H32Cl2N6O/c1-2-22-17-34(27-24(29)15-20(16-32-27)26-30-9-10-31-26)13-14-35(22)23-7-11-33(12-8-23)18-25(36)19-3-5-21(28)6-4-19/h3-6,9-10,15-16,22-23H,2,7-8,11-14,17-18H2,1H3,(H,30,31)/t22-/m0/s1. The number of imidazole rings is 1. The molecule has 190 valence electrons. The van der Waals surface area contributed by atoms with Crippen LogP contribution in [0.4, 0.5) is 5.82 Å².